The molecule has 0 spiro atoms. The number of unbranched alkanes of at least 4 members (excludes halogenated alkanes) is 1. The van der Waals surface area contributed by atoms with Gasteiger partial charge < -0.3 is 9.47 Å². The Balaban J connectivity index is 1.47. The molecule has 0 N–H and O–H groups in total. The highest BCUT2D eigenvalue weighted by molar-refractivity contribution is 6.30. The fourth-order valence-corrected chi connectivity index (χ4v) is 4.31. The molecule has 178 valence electrons. The lowest BCUT2D eigenvalue weighted by molar-refractivity contribution is -0.147. The standard InChI is InChI=1S/C27H34ClNO4/c1-3-4-7-26(33-20(2)30)18-29-15-13-21(14-16-29)19-32-25-8-5-6-23(17-25)27(31)22-9-11-24(28)12-10-22/h5-6,8-12,17,21,26H,3-4,7,13-16,18-19H2,1-2H3/t26-/m1/s1. The Morgan fingerprint density at radius 1 is 1.09 bits per heavy atom. The number of hydrogen-bond donors (Lipinski definition) is 0. The molecule has 0 aliphatic carbocycles. The molecule has 1 atom stereocenters. The summed E-state index contributed by atoms with van der Waals surface area (Å²) in [5.74, 6) is 0.943. The maximum Gasteiger partial charge on any atom is 0.302 e. The minimum Gasteiger partial charge on any atom is -0.493 e. The second-order valence-corrected chi connectivity index (χ2v) is 9.23. The normalized spacial score (nSPS) is 15.7. The summed E-state index contributed by atoms with van der Waals surface area (Å²) in [4.78, 5) is 26.5. The van der Waals surface area contributed by atoms with Gasteiger partial charge in [0.2, 0.25) is 0 Å². The average Bonchev–Trinajstić information content (AvgIpc) is 2.82. The second kappa shape index (κ2) is 12.8. The van der Waals surface area contributed by atoms with Crippen LogP contribution in [0.4, 0.5) is 0 Å². The minimum absolute atomic E-state index is 0.0174. The molecular weight excluding hydrogens is 438 g/mol. The molecule has 0 unspecified atom stereocenters. The molecule has 1 saturated heterocycles. The lowest BCUT2D eigenvalue weighted by Crippen LogP contribution is -2.41. The lowest BCUT2D eigenvalue weighted by Gasteiger charge is -2.34. The molecule has 3 rings (SSSR count). The molecule has 2 aromatic rings. The molecule has 0 radical (unpaired) electrons. The molecule has 0 amide bonds. The summed E-state index contributed by atoms with van der Waals surface area (Å²) >= 11 is 5.92. The van der Waals surface area contributed by atoms with Crippen LogP contribution in [-0.4, -0.2) is 49.0 Å². The Hall–Kier alpha value is -2.37. The van der Waals surface area contributed by atoms with Gasteiger partial charge >= 0.3 is 5.97 Å². The highest BCUT2D eigenvalue weighted by atomic mass is 35.5. The van der Waals surface area contributed by atoms with Crippen LogP contribution in [0.1, 0.15) is 61.9 Å². The van der Waals surface area contributed by atoms with Gasteiger partial charge in [0.15, 0.2) is 5.78 Å². The van der Waals surface area contributed by atoms with Crippen molar-refractivity contribution in [2.24, 2.45) is 5.92 Å². The summed E-state index contributed by atoms with van der Waals surface area (Å²) in [6.45, 7) is 7.04. The van der Waals surface area contributed by atoms with Gasteiger partial charge in [0, 0.05) is 29.6 Å². The molecule has 0 bridgehead atoms. The number of ether oxygens (including phenoxy) is 2. The number of carbonyl (C=O) groups is 2. The van der Waals surface area contributed by atoms with Crippen molar-refractivity contribution in [2.75, 3.05) is 26.2 Å². The quantitative estimate of drug-likeness (QED) is 0.307. The summed E-state index contributed by atoms with van der Waals surface area (Å²) in [6, 6.07) is 14.3. The van der Waals surface area contributed by atoms with Gasteiger partial charge in [-0.1, -0.05) is 37.1 Å². The van der Waals surface area contributed by atoms with Crippen LogP contribution in [0.5, 0.6) is 5.75 Å². The van der Waals surface area contributed by atoms with Crippen LogP contribution in [0.3, 0.4) is 0 Å². The Morgan fingerprint density at radius 3 is 2.48 bits per heavy atom. The molecule has 0 aromatic heterocycles. The van der Waals surface area contributed by atoms with Gasteiger partial charge in [-0.25, -0.2) is 0 Å². The van der Waals surface area contributed by atoms with Crippen molar-refractivity contribution >= 4 is 23.4 Å². The van der Waals surface area contributed by atoms with Gasteiger partial charge in [-0.2, -0.15) is 0 Å². The first-order valence-corrected chi connectivity index (χ1v) is 12.2. The molecular formula is C27H34ClNO4. The van der Waals surface area contributed by atoms with E-state index in [9.17, 15) is 9.59 Å². The van der Waals surface area contributed by atoms with Gasteiger partial charge in [0.1, 0.15) is 11.9 Å². The molecule has 6 heteroatoms. The van der Waals surface area contributed by atoms with Crippen molar-refractivity contribution in [3.05, 3.63) is 64.7 Å². The Bertz CT molecular complexity index is 907. The van der Waals surface area contributed by atoms with E-state index in [1.807, 2.05) is 18.2 Å². The fourth-order valence-electron chi connectivity index (χ4n) is 4.19. The number of nitrogens with zero attached hydrogens (tertiary/aromatic N) is 1. The number of rotatable bonds is 11. The van der Waals surface area contributed by atoms with Crippen LogP contribution in [0.15, 0.2) is 48.5 Å². The second-order valence-electron chi connectivity index (χ2n) is 8.79. The highest BCUT2D eigenvalue weighted by Crippen LogP contribution is 2.22. The van der Waals surface area contributed by atoms with Crippen LogP contribution in [-0.2, 0) is 9.53 Å². The molecule has 1 heterocycles. The highest BCUT2D eigenvalue weighted by Gasteiger charge is 2.23. The first kappa shape index (κ1) is 25.3. The van der Waals surface area contributed by atoms with Crippen molar-refractivity contribution in [3.8, 4) is 5.75 Å². The van der Waals surface area contributed by atoms with Crippen LogP contribution in [0.2, 0.25) is 5.02 Å². The van der Waals surface area contributed by atoms with E-state index < -0.39 is 0 Å². The van der Waals surface area contributed by atoms with Gasteiger partial charge in [-0.3, -0.25) is 14.5 Å². The third-order valence-corrected chi connectivity index (χ3v) is 6.32. The molecule has 5 nitrogen and oxygen atoms in total. The Kier molecular flexibility index (Phi) is 9.76. The zero-order valence-electron chi connectivity index (χ0n) is 19.6. The third-order valence-electron chi connectivity index (χ3n) is 6.07. The molecule has 1 fully saturated rings. The van der Waals surface area contributed by atoms with Crippen molar-refractivity contribution in [3.63, 3.8) is 0 Å². The van der Waals surface area contributed by atoms with Crippen LogP contribution in [0.25, 0.3) is 0 Å². The largest absolute Gasteiger partial charge is 0.493 e. The fraction of sp³-hybridized carbons (Fsp3) is 0.481. The summed E-state index contributed by atoms with van der Waals surface area (Å²) < 4.78 is 11.6. The predicted molar refractivity (Wildman–Crippen MR) is 131 cm³/mol. The van der Waals surface area contributed by atoms with Gasteiger partial charge in [0.25, 0.3) is 0 Å². The number of ketones is 1. The number of likely N-dealkylation sites (tertiary alicyclic amines) is 1. The smallest absolute Gasteiger partial charge is 0.302 e. The number of carbonyl (C=O) groups excluding carboxylic acids is 2. The van der Waals surface area contributed by atoms with Crippen molar-refractivity contribution < 1.29 is 19.1 Å². The van der Waals surface area contributed by atoms with Crippen molar-refractivity contribution in [1.29, 1.82) is 0 Å². The molecule has 33 heavy (non-hydrogen) atoms. The number of halogens is 1. The summed E-state index contributed by atoms with van der Waals surface area (Å²) in [7, 11) is 0. The monoisotopic (exact) mass is 471 g/mol. The summed E-state index contributed by atoms with van der Waals surface area (Å²) in [6.07, 6.45) is 5.17. The van der Waals surface area contributed by atoms with E-state index in [0.29, 0.717) is 34.4 Å². The number of hydrogen-bond acceptors (Lipinski definition) is 5. The maximum atomic E-state index is 12.7. The van der Waals surface area contributed by atoms with Gasteiger partial charge in [-0.05, 0) is 81.1 Å². The summed E-state index contributed by atoms with van der Waals surface area (Å²) in [5, 5.41) is 0.609. The van der Waals surface area contributed by atoms with Crippen molar-refractivity contribution in [2.45, 2.75) is 52.1 Å². The van der Waals surface area contributed by atoms with Crippen LogP contribution < -0.4 is 4.74 Å². The molecule has 1 aliphatic rings. The van der Waals surface area contributed by atoms with Crippen molar-refractivity contribution in [1.82, 2.24) is 4.90 Å². The Labute approximate surface area is 202 Å². The van der Waals surface area contributed by atoms with E-state index in [-0.39, 0.29) is 17.9 Å². The first-order valence-electron chi connectivity index (χ1n) is 11.9. The topological polar surface area (TPSA) is 55.8 Å². The summed E-state index contributed by atoms with van der Waals surface area (Å²) in [5.41, 5.74) is 1.21. The van der Waals surface area contributed by atoms with Gasteiger partial charge in [0.05, 0.1) is 6.61 Å². The van der Waals surface area contributed by atoms with E-state index in [0.717, 1.165) is 51.7 Å². The van der Waals surface area contributed by atoms with Crippen LogP contribution in [0, 0.1) is 5.92 Å². The zero-order chi connectivity index (χ0) is 23.6. The number of esters is 1. The minimum atomic E-state index is -0.198. The zero-order valence-corrected chi connectivity index (χ0v) is 20.4. The maximum absolute atomic E-state index is 12.7. The van der Waals surface area contributed by atoms with E-state index in [1.54, 1.807) is 30.3 Å². The predicted octanol–water partition coefficient (Wildman–Crippen LogP) is 5.78. The van der Waals surface area contributed by atoms with Gasteiger partial charge in [-0.15, -0.1) is 0 Å². The van der Waals surface area contributed by atoms with E-state index in [4.69, 9.17) is 21.1 Å². The average molecular weight is 472 g/mol. The Morgan fingerprint density at radius 2 is 1.82 bits per heavy atom. The van der Waals surface area contributed by atoms with E-state index >= 15 is 0 Å². The number of benzene rings is 2. The molecule has 0 saturated carbocycles. The van der Waals surface area contributed by atoms with Crippen LogP contribution >= 0.6 is 11.6 Å². The first-order chi connectivity index (χ1) is 15.9. The molecule has 1 aliphatic heterocycles. The van der Waals surface area contributed by atoms with E-state index in [2.05, 4.69) is 11.8 Å². The lowest BCUT2D eigenvalue weighted by atomic mass is 9.97. The van der Waals surface area contributed by atoms with E-state index in [1.165, 1.54) is 6.92 Å². The molecule has 2 aromatic carbocycles. The SMILES string of the molecule is CCCC[C@H](CN1CCC(COc2cccc(C(=O)c3ccc(Cl)cc3)c2)CC1)OC(C)=O. The number of piperidine rings is 1. The third kappa shape index (κ3) is 8.17.